The van der Waals surface area contributed by atoms with Crippen LogP contribution in [0.3, 0.4) is 0 Å². The van der Waals surface area contributed by atoms with Crippen molar-refractivity contribution in [2.45, 2.75) is 31.4 Å². The molecule has 4 nitrogen and oxygen atoms in total. The first kappa shape index (κ1) is 9.48. The molecule has 0 heterocycles. The van der Waals surface area contributed by atoms with Crippen LogP contribution in [0.25, 0.3) is 0 Å². The Morgan fingerprint density at radius 2 is 2.25 bits per heavy atom. The fraction of sp³-hybridized carbons (Fsp3) is 0.875. The quantitative estimate of drug-likeness (QED) is 0.531. The van der Waals surface area contributed by atoms with Crippen LogP contribution in [-0.4, -0.2) is 30.3 Å². The van der Waals surface area contributed by atoms with E-state index in [4.69, 9.17) is 5.73 Å². The topological polar surface area (TPSA) is 72.5 Å². The molecule has 3 N–H and O–H groups in total. The number of aliphatic hydroxyl groups is 1. The average molecular weight is 173 g/mol. The SMILES string of the molecule is COC(=O)[C@@H]1CC[C@H](N)C[C@@H]1O. The number of hydrogen-bond donors (Lipinski definition) is 2. The molecule has 3 atom stereocenters. The van der Waals surface area contributed by atoms with Gasteiger partial charge in [-0.3, -0.25) is 4.79 Å². The molecule has 1 fully saturated rings. The lowest BCUT2D eigenvalue weighted by Crippen LogP contribution is -2.40. The summed E-state index contributed by atoms with van der Waals surface area (Å²) in [6, 6.07) is 0.0286. The van der Waals surface area contributed by atoms with Crippen molar-refractivity contribution in [3.8, 4) is 0 Å². The van der Waals surface area contributed by atoms with Crippen molar-refractivity contribution in [2.24, 2.45) is 11.7 Å². The second-order valence-electron chi connectivity index (χ2n) is 3.27. The van der Waals surface area contributed by atoms with Gasteiger partial charge in [0.25, 0.3) is 0 Å². The van der Waals surface area contributed by atoms with Gasteiger partial charge in [-0.2, -0.15) is 0 Å². The highest BCUT2D eigenvalue weighted by atomic mass is 16.5. The lowest BCUT2D eigenvalue weighted by molar-refractivity contribution is -0.151. The Hall–Kier alpha value is -0.610. The molecular formula is C8H15NO3. The number of carbonyl (C=O) groups excluding carboxylic acids is 1. The van der Waals surface area contributed by atoms with Crippen molar-refractivity contribution in [2.75, 3.05) is 7.11 Å². The van der Waals surface area contributed by atoms with E-state index in [9.17, 15) is 9.90 Å². The third-order valence-corrected chi connectivity index (χ3v) is 2.36. The molecular weight excluding hydrogens is 158 g/mol. The zero-order valence-corrected chi connectivity index (χ0v) is 7.19. The maximum Gasteiger partial charge on any atom is 0.311 e. The van der Waals surface area contributed by atoms with Crippen molar-refractivity contribution in [1.82, 2.24) is 0 Å². The van der Waals surface area contributed by atoms with Gasteiger partial charge < -0.3 is 15.6 Å². The summed E-state index contributed by atoms with van der Waals surface area (Å²) in [5.41, 5.74) is 5.62. The van der Waals surface area contributed by atoms with Gasteiger partial charge in [0.2, 0.25) is 0 Å². The highest BCUT2D eigenvalue weighted by Crippen LogP contribution is 2.24. The van der Waals surface area contributed by atoms with Gasteiger partial charge in [-0.05, 0) is 19.3 Å². The molecule has 0 aromatic rings. The van der Waals surface area contributed by atoms with Crippen LogP contribution in [-0.2, 0) is 9.53 Å². The summed E-state index contributed by atoms with van der Waals surface area (Å²) in [7, 11) is 1.34. The predicted octanol–water partition coefficient (Wildman–Crippen LogP) is -0.352. The van der Waals surface area contributed by atoms with Crippen LogP contribution >= 0.6 is 0 Å². The van der Waals surface area contributed by atoms with Crippen LogP contribution in [0.5, 0.6) is 0 Å². The minimum atomic E-state index is -0.624. The Balaban J connectivity index is 2.50. The minimum absolute atomic E-state index is 0.0286. The summed E-state index contributed by atoms with van der Waals surface area (Å²) >= 11 is 0. The second kappa shape index (κ2) is 3.87. The monoisotopic (exact) mass is 173 g/mol. The van der Waals surface area contributed by atoms with Gasteiger partial charge in [0.15, 0.2) is 0 Å². The Labute approximate surface area is 71.7 Å². The third-order valence-electron chi connectivity index (χ3n) is 2.36. The molecule has 0 aromatic heterocycles. The van der Waals surface area contributed by atoms with E-state index in [0.717, 1.165) is 6.42 Å². The average Bonchev–Trinajstić information content (AvgIpc) is 2.03. The van der Waals surface area contributed by atoms with Crippen molar-refractivity contribution in [3.05, 3.63) is 0 Å². The van der Waals surface area contributed by atoms with Crippen LogP contribution in [0.1, 0.15) is 19.3 Å². The summed E-state index contributed by atoms with van der Waals surface area (Å²) in [6.07, 6.45) is 1.30. The van der Waals surface area contributed by atoms with Crippen molar-refractivity contribution >= 4 is 5.97 Å². The van der Waals surface area contributed by atoms with E-state index < -0.39 is 6.10 Å². The van der Waals surface area contributed by atoms with E-state index in [0.29, 0.717) is 12.8 Å². The molecule has 70 valence electrons. The third kappa shape index (κ3) is 1.95. The highest BCUT2D eigenvalue weighted by molar-refractivity contribution is 5.73. The first-order valence-corrected chi connectivity index (χ1v) is 4.16. The van der Waals surface area contributed by atoms with Crippen molar-refractivity contribution < 1.29 is 14.6 Å². The van der Waals surface area contributed by atoms with Crippen molar-refractivity contribution in [3.63, 3.8) is 0 Å². The largest absolute Gasteiger partial charge is 0.469 e. The summed E-state index contributed by atoms with van der Waals surface area (Å²) in [5, 5.41) is 9.46. The van der Waals surface area contributed by atoms with Crippen LogP contribution in [0, 0.1) is 5.92 Å². The van der Waals surface area contributed by atoms with Gasteiger partial charge in [-0.25, -0.2) is 0 Å². The molecule has 1 aliphatic rings. The van der Waals surface area contributed by atoms with E-state index in [1.807, 2.05) is 0 Å². The lowest BCUT2D eigenvalue weighted by Gasteiger charge is -2.29. The summed E-state index contributed by atoms with van der Waals surface area (Å²) in [4.78, 5) is 11.1. The standard InChI is InChI=1S/C8H15NO3/c1-12-8(11)6-3-2-5(9)4-7(6)10/h5-7,10H,2-4,9H2,1H3/t5-,6+,7-/m0/s1. The van der Waals surface area contributed by atoms with Gasteiger partial charge in [-0.1, -0.05) is 0 Å². The molecule has 12 heavy (non-hydrogen) atoms. The number of nitrogens with two attached hydrogens (primary N) is 1. The molecule has 0 bridgehead atoms. The second-order valence-corrected chi connectivity index (χ2v) is 3.27. The molecule has 1 aliphatic carbocycles. The van der Waals surface area contributed by atoms with Gasteiger partial charge >= 0.3 is 5.97 Å². The summed E-state index contributed by atoms with van der Waals surface area (Å²) < 4.78 is 4.56. The molecule has 0 saturated heterocycles. The van der Waals surface area contributed by atoms with E-state index in [1.54, 1.807) is 0 Å². The molecule has 0 spiro atoms. The van der Waals surface area contributed by atoms with Crippen LogP contribution in [0.4, 0.5) is 0 Å². The van der Waals surface area contributed by atoms with Gasteiger partial charge in [0.1, 0.15) is 0 Å². The van der Waals surface area contributed by atoms with Gasteiger partial charge in [-0.15, -0.1) is 0 Å². The Morgan fingerprint density at radius 1 is 1.58 bits per heavy atom. The molecule has 1 saturated carbocycles. The zero-order chi connectivity index (χ0) is 9.14. The van der Waals surface area contributed by atoms with Gasteiger partial charge in [0.05, 0.1) is 19.1 Å². The van der Waals surface area contributed by atoms with Crippen molar-refractivity contribution in [1.29, 1.82) is 0 Å². The zero-order valence-electron chi connectivity index (χ0n) is 7.19. The molecule has 0 aliphatic heterocycles. The van der Waals surface area contributed by atoms with E-state index in [-0.39, 0.29) is 17.9 Å². The highest BCUT2D eigenvalue weighted by Gasteiger charge is 2.33. The number of aliphatic hydroxyl groups excluding tert-OH is 1. The number of rotatable bonds is 1. The number of carbonyl (C=O) groups is 1. The Bertz CT molecular complexity index is 172. The summed E-state index contributed by atoms with van der Waals surface area (Å²) in [6.45, 7) is 0. The van der Waals surface area contributed by atoms with Crippen LogP contribution in [0.2, 0.25) is 0 Å². The maximum absolute atomic E-state index is 11.1. The molecule has 0 radical (unpaired) electrons. The number of methoxy groups -OCH3 is 1. The Morgan fingerprint density at radius 3 is 2.75 bits per heavy atom. The van der Waals surface area contributed by atoms with Crippen LogP contribution < -0.4 is 5.73 Å². The first-order chi connectivity index (χ1) is 5.65. The van der Waals surface area contributed by atoms with E-state index in [2.05, 4.69) is 4.74 Å². The maximum atomic E-state index is 11.1. The predicted molar refractivity (Wildman–Crippen MR) is 43.3 cm³/mol. The minimum Gasteiger partial charge on any atom is -0.469 e. The summed E-state index contributed by atoms with van der Waals surface area (Å²) in [5.74, 6) is -0.691. The first-order valence-electron chi connectivity index (χ1n) is 4.16. The number of ether oxygens (including phenoxy) is 1. The molecule has 0 unspecified atom stereocenters. The van der Waals surface area contributed by atoms with Crippen LogP contribution in [0.15, 0.2) is 0 Å². The van der Waals surface area contributed by atoms with E-state index in [1.165, 1.54) is 7.11 Å². The lowest BCUT2D eigenvalue weighted by atomic mass is 9.84. The molecule has 0 aromatic carbocycles. The molecule has 1 rings (SSSR count). The smallest absolute Gasteiger partial charge is 0.311 e. The fourth-order valence-electron chi connectivity index (χ4n) is 1.60. The number of hydrogen-bond acceptors (Lipinski definition) is 4. The molecule has 0 amide bonds. The number of esters is 1. The Kier molecular flexibility index (Phi) is 3.05. The molecule has 4 heteroatoms. The van der Waals surface area contributed by atoms with E-state index >= 15 is 0 Å². The van der Waals surface area contributed by atoms with Gasteiger partial charge in [0, 0.05) is 6.04 Å². The normalized spacial score (nSPS) is 36.1. The fourth-order valence-corrected chi connectivity index (χ4v) is 1.60.